The van der Waals surface area contributed by atoms with E-state index in [-0.39, 0.29) is 18.4 Å². The lowest BCUT2D eigenvalue weighted by molar-refractivity contribution is -0.122. The number of nitrogens with one attached hydrogen (secondary N) is 1. The minimum absolute atomic E-state index is 0.120. The molecule has 0 aromatic heterocycles. The number of hydrogen-bond acceptors (Lipinski definition) is 5. The predicted octanol–water partition coefficient (Wildman–Crippen LogP) is 2.82. The SMILES string of the molecule is COc1cc([C@H]2C[C@]2(CO)C(=O)Nc2ccccc2)cc(OC)c1OC. The Morgan fingerprint density at radius 2 is 1.73 bits per heavy atom. The Morgan fingerprint density at radius 3 is 2.23 bits per heavy atom. The van der Waals surface area contributed by atoms with E-state index in [9.17, 15) is 9.90 Å². The third-order valence-electron chi connectivity index (χ3n) is 4.93. The quantitative estimate of drug-likeness (QED) is 0.797. The summed E-state index contributed by atoms with van der Waals surface area (Å²) >= 11 is 0. The molecule has 1 aliphatic rings. The van der Waals surface area contributed by atoms with Crippen molar-refractivity contribution in [2.45, 2.75) is 12.3 Å². The molecule has 1 amide bonds. The van der Waals surface area contributed by atoms with Crippen LogP contribution < -0.4 is 19.5 Å². The van der Waals surface area contributed by atoms with Gasteiger partial charge in [0.05, 0.1) is 33.4 Å². The van der Waals surface area contributed by atoms with E-state index < -0.39 is 5.41 Å². The fourth-order valence-electron chi connectivity index (χ4n) is 3.32. The van der Waals surface area contributed by atoms with E-state index in [2.05, 4.69) is 5.32 Å². The molecule has 26 heavy (non-hydrogen) atoms. The van der Waals surface area contributed by atoms with Gasteiger partial charge in [-0.2, -0.15) is 0 Å². The second-order valence-corrected chi connectivity index (χ2v) is 6.35. The van der Waals surface area contributed by atoms with Gasteiger partial charge in [0.1, 0.15) is 0 Å². The van der Waals surface area contributed by atoms with Crippen molar-refractivity contribution in [3.05, 3.63) is 48.0 Å². The molecule has 0 radical (unpaired) electrons. The first kappa shape index (κ1) is 18.1. The monoisotopic (exact) mass is 357 g/mol. The van der Waals surface area contributed by atoms with Gasteiger partial charge < -0.3 is 24.6 Å². The van der Waals surface area contributed by atoms with Crippen LogP contribution in [-0.2, 0) is 4.79 Å². The molecular formula is C20H23NO5. The summed E-state index contributed by atoms with van der Waals surface area (Å²) in [4.78, 5) is 12.8. The van der Waals surface area contributed by atoms with Crippen molar-refractivity contribution in [1.29, 1.82) is 0 Å². The smallest absolute Gasteiger partial charge is 0.233 e. The van der Waals surface area contributed by atoms with Crippen LogP contribution in [0.25, 0.3) is 0 Å². The number of para-hydroxylation sites is 1. The number of anilines is 1. The number of ether oxygens (including phenoxy) is 3. The van der Waals surface area contributed by atoms with Gasteiger partial charge in [0.15, 0.2) is 11.5 Å². The first-order valence-corrected chi connectivity index (χ1v) is 8.37. The third-order valence-corrected chi connectivity index (χ3v) is 4.93. The zero-order valence-corrected chi connectivity index (χ0v) is 15.1. The zero-order valence-electron chi connectivity index (χ0n) is 15.1. The number of methoxy groups -OCH3 is 3. The first-order valence-electron chi connectivity index (χ1n) is 8.37. The first-order chi connectivity index (χ1) is 12.6. The minimum atomic E-state index is -0.847. The van der Waals surface area contributed by atoms with Crippen molar-refractivity contribution < 1.29 is 24.1 Å². The molecule has 0 bridgehead atoms. The predicted molar refractivity (Wildman–Crippen MR) is 98.0 cm³/mol. The van der Waals surface area contributed by atoms with Gasteiger partial charge in [0.25, 0.3) is 0 Å². The number of aliphatic hydroxyl groups is 1. The number of carbonyl (C=O) groups is 1. The number of benzene rings is 2. The second kappa shape index (κ2) is 7.25. The average molecular weight is 357 g/mol. The summed E-state index contributed by atoms with van der Waals surface area (Å²) in [5.74, 6) is 1.26. The number of hydrogen-bond donors (Lipinski definition) is 2. The number of carbonyl (C=O) groups excluding carboxylic acids is 1. The fraction of sp³-hybridized carbons (Fsp3) is 0.350. The van der Waals surface area contributed by atoms with Crippen molar-refractivity contribution in [1.82, 2.24) is 0 Å². The molecule has 0 spiro atoms. The molecular weight excluding hydrogens is 334 g/mol. The highest BCUT2D eigenvalue weighted by atomic mass is 16.5. The van der Waals surface area contributed by atoms with Crippen molar-refractivity contribution in [2.75, 3.05) is 33.3 Å². The van der Waals surface area contributed by atoms with Crippen LogP contribution in [0.15, 0.2) is 42.5 Å². The molecule has 3 rings (SSSR count). The summed E-state index contributed by atoms with van der Waals surface area (Å²) in [6.45, 7) is -0.229. The van der Waals surface area contributed by atoms with Gasteiger partial charge >= 0.3 is 0 Å². The van der Waals surface area contributed by atoms with Gasteiger partial charge in [0.2, 0.25) is 11.7 Å². The molecule has 1 aliphatic carbocycles. The second-order valence-electron chi connectivity index (χ2n) is 6.35. The zero-order chi connectivity index (χ0) is 18.7. The standard InChI is InChI=1S/C20H23NO5/c1-24-16-9-13(10-17(25-2)18(16)26-3)15-11-20(15,12-22)19(23)21-14-7-5-4-6-8-14/h4-10,15,22H,11-12H2,1-3H3,(H,21,23)/t15-,20-/m1/s1. The van der Waals surface area contributed by atoms with Gasteiger partial charge in [-0.15, -0.1) is 0 Å². The number of rotatable bonds is 7. The van der Waals surface area contributed by atoms with Gasteiger partial charge in [-0.25, -0.2) is 0 Å². The lowest BCUT2D eigenvalue weighted by Crippen LogP contribution is -2.29. The highest BCUT2D eigenvalue weighted by Gasteiger charge is 2.60. The van der Waals surface area contributed by atoms with E-state index in [1.807, 2.05) is 42.5 Å². The molecule has 2 aromatic carbocycles. The summed E-state index contributed by atoms with van der Waals surface area (Å²) in [5.41, 5.74) is 0.734. The summed E-state index contributed by atoms with van der Waals surface area (Å²) in [7, 11) is 4.65. The Morgan fingerprint density at radius 1 is 1.12 bits per heavy atom. The minimum Gasteiger partial charge on any atom is -0.493 e. The highest BCUT2D eigenvalue weighted by molar-refractivity contribution is 5.98. The average Bonchev–Trinajstić information content (AvgIpc) is 3.43. The van der Waals surface area contributed by atoms with Crippen LogP contribution >= 0.6 is 0 Å². The normalized spacial score (nSPS) is 21.0. The third kappa shape index (κ3) is 3.08. The van der Waals surface area contributed by atoms with Crippen molar-refractivity contribution in [3.63, 3.8) is 0 Å². The molecule has 138 valence electrons. The van der Waals surface area contributed by atoms with Gasteiger partial charge in [-0.3, -0.25) is 4.79 Å². The number of amides is 1. The Hall–Kier alpha value is -2.73. The van der Waals surface area contributed by atoms with Gasteiger partial charge in [-0.1, -0.05) is 18.2 Å². The number of aliphatic hydroxyl groups excluding tert-OH is 1. The van der Waals surface area contributed by atoms with Gasteiger partial charge in [-0.05, 0) is 36.2 Å². The molecule has 6 nitrogen and oxygen atoms in total. The fourth-order valence-corrected chi connectivity index (χ4v) is 3.32. The molecule has 2 aromatic rings. The molecule has 6 heteroatoms. The summed E-state index contributed by atoms with van der Waals surface area (Å²) < 4.78 is 16.1. The molecule has 1 fully saturated rings. The summed E-state index contributed by atoms with van der Waals surface area (Å²) in [6.07, 6.45) is 0.556. The lowest BCUT2D eigenvalue weighted by Gasteiger charge is -2.17. The molecule has 2 N–H and O–H groups in total. The van der Waals surface area contributed by atoms with E-state index in [0.29, 0.717) is 29.4 Å². The molecule has 0 heterocycles. The van der Waals surface area contributed by atoms with E-state index in [4.69, 9.17) is 14.2 Å². The van der Waals surface area contributed by atoms with Crippen LogP contribution in [0.4, 0.5) is 5.69 Å². The van der Waals surface area contributed by atoms with Crippen LogP contribution in [0.5, 0.6) is 17.2 Å². The van der Waals surface area contributed by atoms with Crippen LogP contribution in [0, 0.1) is 5.41 Å². The Bertz CT molecular complexity index is 767. The molecule has 0 unspecified atom stereocenters. The molecule has 0 aliphatic heterocycles. The van der Waals surface area contributed by atoms with Gasteiger partial charge in [0, 0.05) is 11.6 Å². The Kier molecular flexibility index (Phi) is 5.04. The van der Waals surface area contributed by atoms with Crippen molar-refractivity contribution >= 4 is 11.6 Å². The van der Waals surface area contributed by atoms with Crippen molar-refractivity contribution in [3.8, 4) is 17.2 Å². The van der Waals surface area contributed by atoms with E-state index in [1.165, 1.54) is 0 Å². The molecule has 0 saturated heterocycles. The maximum atomic E-state index is 12.8. The van der Waals surface area contributed by atoms with Crippen LogP contribution in [-0.4, -0.2) is 38.9 Å². The van der Waals surface area contributed by atoms with E-state index in [1.54, 1.807) is 21.3 Å². The largest absolute Gasteiger partial charge is 0.493 e. The van der Waals surface area contributed by atoms with E-state index >= 15 is 0 Å². The topological polar surface area (TPSA) is 77.0 Å². The maximum absolute atomic E-state index is 12.8. The van der Waals surface area contributed by atoms with Crippen LogP contribution in [0.2, 0.25) is 0 Å². The molecule has 2 atom stereocenters. The Balaban J connectivity index is 1.88. The molecule has 1 saturated carbocycles. The summed E-state index contributed by atoms with van der Waals surface area (Å²) in [6, 6.07) is 12.9. The highest BCUT2D eigenvalue weighted by Crippen LogP contribution is 2.61. The maximum Gasteiger partial charge on any atom is 0.233 e. The van der Waals surface area contributed by atoms with Crippen molar-refractivity contribution in [2.24, 2.45) is 5.41 Å². The lowest BCUT2D eigenvalue weighted by atomic mass is 9.98. The summed E-state index contributed by atoms with van der Waals surface area (Å²) in [5, 5.41) is 12.8. The van der Waals surface area contributed by atoms with Crippen LogP contribution in [0.1, 0.15) is 17.9 Å². The van der Waals surface area contributed by atoms with E-state index in [0.717, 1.165) is 5.56 Å². The van der Waals surface area contributed by atoms with Crippen LogP contribution in [0.3, 0.4) is 0 Å². The Labute approximate surface area is 152 Å².